The van der Waals surface area contributed by atoms with E-state index >= 15 is 0 Å². The number of nitrogens with one attached hydrogen (secondary N) is 1. The highest BCUT2D eigenvalue weighted by Gasteiger charge is 2.42. The molecule has 1 aromatic carbocycles. The number of carbonyl (C=O) groups is 3. The molecule has 0 heterocycles. The zero-order valence-corrected chi connectivity index (χ0v) is 16.6. The topological polar surface area (TPSA) is 105 Å². The normalized spacial score (nSPS) is 15.0. The largest absolute Gasteiger partial charge is 0.490 e. The first-order valence-corrected chi connectivity index (χ1v) is 9.40. The monoisotopic (exact) mass is 392 g/mol. The third-order valence-electron chi connectivity index (χ3n) is 4.86. The third kappa shape index (κ3) is 5.15. The zero-order valence-electron chi connectivity index (χ0n) is 16.6. The summed E-state index contributed by atoms with van der Waals surface area (Å²) in [7, 11) is 3.46. The number of hydrogen-bond acceptors (Lipinski definition) is 5. The van der Waals surface area contributed by atoms with Crippen LogP contribution in [-0.2, 0) is 9.59 Å². The van der Waals surface area contributed by atoms with Crippen molar-refractivity contribution in [2.24, 2.45) is 5.41 Å². The van der Waals surface area contributed by atoms with E-state index in [9.17, 15) is 14.4 Å². The lowest BCUT2D eigenvalue weighted by Crippen LogP contribution is -2.46. The van der Waals surface area contributed by atoms with Crippen LogP contribution in [0.15, 0.2) is 18.2 Å². The lowest BCUT2D eigenvalue weighted by Gasteiger charge is -2.30. The second-order valence-electron chi connectivity index (χ2n) is 7.15. The first-order chi connectivity index (χ1) is 13.3. The number of nitrogens with zero attached hydrogens (tertiary/aromatic N) is 1. The molecular formula is C20H28N2O6. The quantitative estimate of drug-likeness (QED) is 0.665. The molecule has 2 N–H and O–H groups in total. The number of carboxylic acids is 1. The fourth-order valence-electron chi connectivity index (χ4n) is 3.52. The fourth-order valence-corrected chi connectivity index (χ4v) is 3.52. The van der Waals surface area contributed by atoms with Crippen molar-refractivity contribution >= 4 is 17.8 Å². The van der Waals surface area contributed by atoms with Gasteiger partial charge < -0.3 is 24.8 Å². The van der Waals surface area contributed by atoms with Crippen molar-refractivity contribution in [1.29, 1.82) is 0 Å². The van der Waals surface area contributed by atoms with Crippen LogP contribution in [0.2, 0.25) is 0 Å². The van der Waals surface area contributed by atoms with Gasteiger partial charge in [0.05, 0.1) is 12.0 Å². The Morgan fingerprint density at radius 3 is 2.39 bits per heavy atom. The average Bonchev–Trinajstić information content (AvgIpc) is 3.14. The molecule has 0 bridgehead atoms. The molecule has 1 saturated carbocycles. The van der Waals surface area contributed by atoms with Crippen molar-refractivity contribution < 1.29 is 29.0 Å². The minimum absolute atomic E-state index is 0.0396. The SMILES string of the molecule is CCOc1cc(C(=O)NCC2(C(=O)N(C)C)CCCC2)ccc1OCC(=O)O. The maximum absolute atomic E-state index is 12.6. The molecule has 0 unspecified atom stereocenters. The van der Waals surface area contributed by atoms with Gasteiger partial charge in [-0.05, 0) is 38.0 Å². The standard InChI is InChI=1S/C20H28N2O6/c1-4-27-16-11-14(7-8-15(16)28-12-17(23)24)18(25)21-13-20(9-5-6-10-20)19(26)22(2)3/h7-8,11H,4-6,9-10,12-13H2,1-3H3,(H,21,25)(H,23,24). The van der Waals surface area contributed by atoms with Gasteiger partial charge in [-0.1, -0.05) is 12.8 Å². The maximum atomic E-state index is 12.6. The third-order valence-corrected chi connectivity index (χ3v) is 4.86. The first-order valence-electron chi connectivity index (χ1n) is 9.40. The van der Waals surface area contributed by atoms with Gasteiger partial charge in [0, 0.05) is 26.2 Å². The summed E-state index contributed by atoms with van der Waals surface area (Å²) in [6.45, 7) is 1.91. The molecular weight excluding hydrogens is 364 g/mol. The van der Waals surface area contributed by atoms with E-state index in [1.54, 1.807) is 32.0 Å². The Labute approximate surface area is 164 Å². The molecule has 8 heteroatoms. The lowest BCUT2D eigenvalue weighted by atomic mass is 9.84. The van der Waals surface area contributed by atoms with Crippen molar-refractivity contribution in [3.63, 3.8) is 0 Å². The molecule has 0 atom stereocenters. The van der Waals surface area contributed by atoms with Crippen LogP contribution in [0.25, 0.3) is 0 Å². The summed E-state index contributed by atoms with van der Waals surface area (Å²) in [5, 5.41) is 11.6. The van der Waals surface area contributed by atoms with E-state index in [2.05, 4.69) is 5.32 Å². The van der Waals surface area contributed by atoms with E-state index in [4.69, 9.17) is 14.6 Å². The molecule has 8 nitrogen and oxygen atoms in total. The van der Waals surface area contributed by atoms with Gasteiger partial charge in [0.25, 0.3) is 5.91 Å². The smallest absolute Gasteiger partial charge is 0.341 e. The number of ether oxygens (including phenoxy) is 2. The van der Waals surface area contributed by atoms with Crippen LogP contribution in [0.5, 0.6) is 11.5 Å². The fraction of sp³-hybridized carbons (Fsp3) is 0.550. The Kier molecular flexibility index (Phi) is 7.25. The van der Waals surface area contributed by atoms with E-state index < -0.39 is 18.0 Å². The second kappa shape index (κ2) is 9.43. The number of hydrogen-bond donors (Lipinski definition) is 2. The number of aliphatic carboxylic acids is 1. The van der Waals surface area contributed by atoms with Crippen molar-refractivity contribution in [2.75, 3.05) is 33.9 Å². The average molecular weight is 392 g/mol. The molecule has 0 aromatic heterocycles. The van der Waals surface area contributed by atoms with Gasteiger partial charge in [0.1, 0.15) is 0 Å². The molecule has 0 saturated heterocycles. The highest BCUT2D eigenvalue weighted by molar-refractivity contribution is 5.95. The Morgan fingerprint density at radius 1 is 1.14 bits per heavy atom. The summed E-state index contributed by atoms with van der Waals surface area (Å²) < 4.78 is 10.7. The van der Waals surface area contributed by atoms with Crippen LogP contribution in [0.1, 0.15) is 43.0 Å². The summed E-state index contributed by atoms with van der Waals surface area (Å²) in [5.41, 5.74) is -0.191. The maximum Gasteiger partial charge on any atom is 0.341 e. The van der Waals surface area contributed by atoms with Crippen LogP contribution in [0, 0.1) is 5.41 Å². The van der Waals surface area contributed by atoms with Crippen LogP contribution in [0.3, 0.4) is 0 Å². The molecule has 1 aliphatic rings. The van der Waals surface area contributed by atoms with Crippen LogP contribution < -0.4 is 14.8 Å². The molecule has 28 heavy (non-hydrogen) atoms. The van der Waals surface area contributed by atoms with E-state index in [-0.39, 0.29) is 24.1 Å². The van der Waals surface area contributed by atoms with E-state index in [1.165, 1.54) is 12.1 Å². The molecule has 0 aliphatic heterocycles. The number of carboxylic acid groups (broad SMARTS) is 1. The van der Waals surface area contributed by atoms with Gasteiger partial charge in [0.2, 0.25) is 5.91 Å². The highest BCUT2D eigenvalue weighted by Crippen LogP contribution is 2.39. The van der Waals surface area contributed by atoms with Gasteiger partial charge in [-0.15, -0.1) is 0 Å². The molecule has 0 radical (unpaired) electrons. The van der Waals surface area contributed by atoms with Crippen molar-refractivity contribution in [1.82, 2.24) is 10.2 Å². The summed E-state index contributed by atoms with van der Waals surface area (Å²) in [5.74, 6) is -0.815. The van der Waals surface area contributed by atoms with E-state index in [1.807, 2.05) is 0 Å². The molecule has 2 rings (SSSR count). The molecule has 0 spiro atoms. The highest BCUT2D eigenvalue weighted by atomic mass is 16.5. The summed E-state index contributed by atoms with van der Waals surface area (Å²) in [4.78, 5) is 37.5. The van der Waals surface area contributed by atoms with Gasteiger partial charge in [-0.25, -0.2) is 4.79 Å². The van der Waals surface area contributed by atoms with E-state index in [0.717, 1.165) is 25.7 Å². The van der Waals surface area contributed by atoms with Gasteiger partial charge in [-0.2, -0.15) is 0 Å². The van der Waals surface area contributed by atoms with Gasteiger partial charge in [0.15, 0.2) is 18.1 Å². The molecule has 2 amide bonds. The molecule has 1 fully saturated rings. The number of benzene rings is 1. The minimum atomic E-state index is -1.10. The Hall–Kier alpha value is -2.77. The Bertz CT molecular complexity index is 725. The minimum Gasteiger partial charge on any atom is -0.490 e. The van der Waals surface area contributed by atoms with Gasteiger partial charge >= 0.3 is 5.97 Å². The number of rotatable bonds is 9. The lowest BCUT2D eigenvalue weighted by molar-refractivity contribution is -0.139. The Morgan fingerprint density at radius 2 is 1.82 bits per heavy atom. The van der Waals surface area contributed by atoms with E-state index in [0.29, 0.717) is 17.9 Å². The molecule has 1 aromatic rings. The molecule has 1 aliphatic carbocycles. The van der Waals surface area contributed by atoms with Crippen molar-refractivity contribution in [3.05, 3.63) is 23.8 Å². The zero-order chi connectivity index (χ0) is 20.7. The summed E-state index contributed by atoms with van der Waals surface area (Å²) in [6.07, 6.45) is 3.46. The van der Waals surface area contributed by atoms with Crippen molar-refractivity contribution in [2.45, 2.75) is 32.6 Å². The Balaban J connectivity index is 2.11. The number of carbonyl (C=O) groups excluding carboxylic acids is 2. The number of amides is 2. The summed E-state index contributed by atoms with van der Waals surface area (Å²) in [6, 6.07) is 4.58. The van der Waals surface area contributed by atoms with Crippen LogP contribution >= 0.6 is 0 Å². The van der Waals surface area contributed by atoms with Gasteiger partial charge in [-0.3, -0.25) is 9.59 Å². The van der Waals surface area contributed by atoms with Crippen LogP contribution in [0.4, 0.5) is 0 Å². The predicted octanol–water partition coefficient (Wildman–Crippen LogP) is 1.93. The van der Waals surface area contributed by atoms with Crippen molar-refractivity contribution in [3.8, 4) is 11.5 Å². The first kappa shape index (κ1) is 21.5. The predicted molar refractivity (Wildman–Crippen MR) is 103 cm³/mol. The summed E-state index contributed by atoms with van der Waals surface area (Å²) >= 11 is 0. The van der Waals surface area contributed by atoms with Crippen LogP contribution in [-0.4, -0.2) is 61.6 Å². The molecule has 154 valence electrons. The second-order valence-corrected chi connectivity index (χ2v) is 7.15.